The van der Waals surface area contributed by atoms with Gasteiger partial charge in [0, 0.05) is 12.8 Å². The molecule has 8 heteroatoms. The molecule has 0 saturated carbocycles. The minimum Gasteiger partial charge on any atom is -0.481 e. The standard InChI is InChI=1S/C20H22N2O6/c23-15-11-10-14(18(26)21-15)22-19(27)13-8-5-7-12(17(13)20(22)28)6-3-1-2-4-9-16(24)25/h5,7-8,14H,1-4,6,9-11H2,(H,24,25)(H,21,23,26). The number of aliphatic carboxylic acids is 1. The predicted octanol–water partition coefficient (Wildman–Crippen LogP) is 1.67. The zero-order chi connectivity index (χ0) is 20.3. The Balaban J connectivity index is 1.69. The van der Waals surface area contributed by atoms with Crippen LogP contribution in [0.15, 0.2) is 18.2 Å². The summed E-state index contributed by atoms with van der Waals surface area (Å²) < 4.78 is 0. The Kier molecular flexibility index (Phi) is 5.87. The fraction of sp³-hybridized carbons (Fsp3) is 0.450. The molecule has 4 amide bonds. The van der Waals surface area contributed by atoms with Gasteiger partial charge in [0.15, 0.2) is 0 Å². The molecule has 2 N–H and O–H groups in total. The fourth-order valence-electron chi connectivity index (χ4n) is 3.74. The molecule has 1 aromatic carbocycles. The Hall–Kier alpha value is -3.03. The quantitative estimate of drug-likeness (QED) is 0.518. The zero-order valence-corrected chi connectivity index (χ0v) is 15.4. The van der Waals surface area contributed by atoms with Crippen molar-refractivity contribution in [3.63, 3.8) is 0 Å². The van der Waals surface area contributed by atoms with Crippen LogP contribution >= 0.6 is 0 Å². The molecule has 1 fully saturated rings. The molecular weight excluding hydrogens is 364 g/mol. The average molecular weight is 386 g/mol. The smallest absolute Gasteiger partial charge is 0.303 e. The van der Waals surface area contributed by atoms with Crippen molar-refractivity contribution in [1.82, 2.24) is 10.2 Å². The number of carbonyl (C=O) groups excluding carboxylic acids is 4. The highest BCUT2D eigenvalue weighted by molar-refractivity contribution is 6.24. The van der Waals surface area contributed by atoms with E-state index in [-0.39, 0.29) is 24.8 Å². The molecule has 148 valence electrons. The lowest BCUT2D eigenvalue weighted by Gasteiger charge is -2.27. The molecule has 2 aliphatic heterocycles. The summed E-state index contributed by atoms with van der Waals surface area (Å²) in [5.74, 6) is -2.82. The van der Waals surface area contributed by atoms with Gasteiger partial charge in [0.05, 0.1) is 11.1 Å². The summed E-state index contributed by atoms with van der Waals surface area (Å²) in [5, 5.41) is 10.8. The molecule has 0 aliphatic carbocycles. The summed E-state index contributed by atoms with van der Waals surface area (Å²) in [6.45, 7) is 0. The first-order chi connectivity index (χ1) is 13.4. The van der Waals surface area contributed by atoms with Crippen molar-refractivity contribution >= 4 is 29.6 Å². The Morgan fingerprint density at radius 2 is 1.82 bits per heavy atom. The topological polar surface area (TPSA) is 121 Å². The third-order valence-electron chi connectivity index (χ3n) is 5.14. The lowest BCUT2D eigenvalue weighted by atomic mass is 9.97. The highest BCUT2D eigenvalue weighted by Gasteiger charge is 2.45. The minimum atomic E-state index is -0.964. The minimum absolute atomic E-state index is 0.0903. The molecule has 1 aromatic rings. The fourth-order valence-corrected chi connectivity index (χ4v) is 3.74. The number of nitrogens with one attached hydrogen (secondary N) is 1. The van der Waals surface area contributed by atoms with E-state index in [1.807, 2.05) is 0 Å². The van der Waals surface area contributed by atoms with Crippen molar-refractivity contribution in [2.75, 3.05) is 0 Å². The van der Waals surface area contributed by atoms with Crippen molar-refractivity contribution in [1.29, 1.82) is 0 Å². The van der Waals surface area contributed by atoms with Gasteiger partial charge in [0.1, 0.15) is 6.04 Å². The maximum absolute atomic E-state index is 12.9. The molecule has 3 rings (SSSR count). The van der Waals surface area contributed by atoms with E-state index in [1.54, 1.807) is 18.2 Å². The van der Waals surface area contributed by atoms with Crippen LogP contribution in [0.2, 0.25) is 0 Å². The van der Waals surface area contributed by atoms with E-state index in [2.05, 4.69) is 5.32 Å². The Bertz CT molecular complexity index is 847. The molecule has 2 aliphatic rings. The first-order valence-electron chi connectivity index (χ1n) is 9.45. The second-order valence-electron chi connectivity index (χ2n) is 7.09. The van der Waals surface area contributed by atoms with E-state index in [0.29, 0.717) is 18.4 Å². The van der Waals surface area contributed by atoms with Gasteiger partial charge in [-0.05, 0) is 37.3 Å². The summed E-state index contributed by atoms with van der Waals surface area (Å²) in [6.07, 6.45) is 3.97. The highest BCUT2D eigenvalue weighted by Crippen LogP contribution is 2.30. The maximum Gasteiger partial charge on any atom is 0.303 e. The lowest BCUT2D eigenvalue weighted by Crippen LogP contribution is -2.54. The summed E-state index contributed by atoms with van der Waals surface area (Å²) in [6, 6.07) is 4.14. The van der Waals surface area contributed by atoms with Crippen LogP contribution in [-0.2, 0) is 20.8 Å². The first kappa shape index (κ1) is 19.7. The van der Waals surface area contributed by atoms with E-state index in [9.17, 15) is 24.0 Å². The van der Waals surface area contributed by atoms with Crippen LogP contribution in [-0.4, -0.2) is 45.6 Å². The predicted molar refractivity (Wildman–Crippen MR) is 97.5 cm³/mol. The van der Waals surface area contributed by atoms with Gasteiger partial charge in [0.2, 0.25) is 11.8 Å². The van der Waals surface area contributed by atoms with E-state index in [0.717, 1.165) is 29.7 Å². The van der Waals surface area contributed by atoms with Crippen LogP contribution in [0.3, 0.4) is 0 Å². The normalized spacial score (nSPS) is 19.0. The molecular formula is C20H22N2O6. The number of carboxylic acids is 1. The van der Waals surface area contributed by atoms with Crippen LogP contribution < -0.4 is 5.32 Å². The van der Waals surface area contributed by atoms with E-state index in [4.69, 9.17) is 5.11 Å². The summed E-state index contributed by atoms with van der Waals surface area (Å²) in [5.41, 5.74) is 1.38. The number of hydrogen-bond acceptors (Lipinski definition) is 5. The molecule has 28 heavy (non-hydrogen) atoms. The number of nitrogens with zero attached hydrogens (tertiary/aromatic N) is 1. The van der Waals surface area contributed by atoms with Gasteiger partial charge in [-0.15, -0.1) is 0 Å². The largest absolute Gasteiger partial charge is 0.481 e. The zero-order valence-electron chi connectivity index (χ0n) is 15.4. The lowest BCUT2D eigenvalue weighted by molar-refractivity contribution is -0.138. The first-order valence-corrected chi connectivity index (χ1v) is 9.45. The van der Waals surface area contributed by atoms with Crippen LogP contribution in [0.25, 0.3) is 0 Å². The van der Waals surface area contributed by atoms with Crippen molar-refractivity contribution in [2.24, 2.45) is 0 Å². The van der Waals surface area contributed by atoms with Crippen LogP contribution in [0.5, 0.6) is 0 Å². The second kappa shape index (κ2) is 8.33. The number of carboxylic acid groups (broad SMARTS) is 1. The number of piperidine rings is 1. The number of benzene rings is 1. The van der Waals surface area contributed by atoms with Gasteiger partial charge in [-0.2, -0.15) is 0 Å². The Morgan fingerprint density at radius 3 is 2.54 bits per heavy atom. The van der Waals surface area contributed by atoms with Gasteiger partial charge >= 0.3 is 5.97 Å². The monoisotopic (exact) mass is 386 g/mol. The van der Waals surface area contributed by atoms with Gasteiger partial charge in [-0.25, -0.2) is 0 Å². The van der Waals surface area contributed by atoms with E-state index < -0.39 is 35.6 Å². The van der Waals surface area contributed by atoms with Crippen molar-refractivity contribution in [3.05, 3.63) is 34.9 Å². The summed E-state index contributed by atoms with van der Waals surface area (Å²) in [4.78, 5) is 60.7. The Morgan fingerprint density at radius 1 is 1.07 bits per heavy atom. The van der Waals surface area contributed by atoms with E-state index >= 15 is 0 Å². The molecule has 2 heterocycles. The maximum atomic E-state index is 12.9. The molecule has 8 nitrogen and oxygen atoms in total. The van der Waals surface area contributed by atoms with Gasteiger partial charge < -0.3 is 5.11 Å². The molecule has 1 atom stereocenters. The van der Waals surface area contributed by atoms with Gasteiger partial charge in [0.25, 0.3) is 11.8 Å². The number of fused-ring (bicyclic) bond motifs is 1. The third kappa shape index (κ3) is 3.95. The molecule has 0 spiro atoms. The van der Waals surface area contributed by atoms with Crippen LogP contribution in [0.4, 0.5) is 0 Å². The van der Waals surface area contributed by atoms with Crippen molar-refractivity contribution in [2.45, 2.75) is 57.4 Å². The summed E-state index contributed by atoms with van der Waals surface area (Å²) >= 11 is 0. The molecule has 0 aromatic heterocycles. The molecule has 1 saturated heterocycles. The van der Waals surface area contributed by atoms with Gasteiger partial charge in [-0.1, -0.05) is 25.0 Å². The number of rotatable bonds is 8. The molecule has 0 bridgehead atoms. The van der Waals surface area contributed by atoms with Gasteiger partial charge in [-0.3, -0.25) is 34.2 Å². The van der Waals surface area contributed by atoms with Crippen LogP contribution in [0.1, 0.15) is 71.2 Å². The van der Waals surface area contributed by atoms with Crippen LogP contribution in [0, 0.1) is 0 Å². The average Bonchev–Trinajstić information content (AvgIpc) is 2.90. The Labute approximate surface area is 161 Å². The number of imide groups is 2. The number of hydrogen-bond donors (Lipinski definition) is 2. The number of amides is 4. The second-order valence-corrected chi connectivity index (χ2v) is 7.09. The summed E-state index contributed by atoms with van der Waals surface area (Å²) in [7, 11) is 0. The van der Waals surface area contributed by atoms with E-state index in [1.165, 1.54) is 0 Å². The third-order valence-corrected chi connectivity index (χ3v) is 5.14. The molecule has 0 radical (unpaired) electrons. The molecule has 1 unspecified atom stereocenters. The number of unbranched alkanes of at least 4 members (excludes halogenated alkanes) is 3. The number of aryl methyl sites for hydroxylation is 1. The SMILES string of the molecule is O=C(O)CCCCCCc1cccc2c1C(=O)N(C1CCC(=O)NC1=O)C2=O. The van der Waals surface area contributed by atoms with Crippen molar-refractivity contribution < 1.29 is 29.1 Å². The van der Waals surface area contributed by atoms with Crippen molar-refractivity contribution in [3.8, 4) is 0 Å². The number of carbonyl (C=O) groups is 5. The highest BCUT2D eigenvalue weighted by atomic mass is 16.4.